The Hall–Kier alpha value is -1.91. The van der Waals surface area contributed by atoms with Gasteiger partial charge in [-0.3, -0.25) is 9.69 Å². The van der Waals surface area contributed by atoms with Gasteiger partial charge in [0.25, 0.3) is 0 Å². The number of anilines is 1. The highest BCUT2D eigenvalue weighted by atomic mass is 19.1. The van der Waals surface area contributed by atoms with E-state index in [2.05, 4.69) is 0 Å². The summed E-state index contributed by atoms with van der Waals surface area (Å²) in [5.41, 5.74) is 0.460. The fraction of sp³-hybridized carbons (Fsp3) is 0.429. The molecule has 0 aliphatic heterocycles. The van der Waals surface area contributed by atoms with Gasteiger partial charge in [-0.1, -0.05) is 0 Å². The third-order valence-corrected chi connectivity index (χ3v) is 2.52. The molecule has 0 aromatic heterocycles. The zero-order chi connectivity index (χ0) is 14.6. The molecule has 1 amide bonds. The van der Waals surface area contributed by atoms with Crippen LogP contribution in [0.25, 0.3) is 0 Å². The van der Waals surface area contributed by atoms with Gasteiger partial charge < -0.3 is 4.74 Å². The average Bonchev–Trinajstić information content (AvgIpc) is 2.30. The first-order chi connectivity index (χ1) is 8.82. The first-order valence-electron chi connectivity index (χ1n) is 6.08. The van der Waals surface area contributed by atoms with E-state index >= 15 is 0 Å². The van der Waals surface area contributed by atoms with Crippen LogP contribution in [0.2, 0.25) is 0 Å². The summed E-state index contributed by atoms with van der Waals surface area (Å²) in [6.45, 7) is 6.40. The van der Waals surface area contributed by atoms with E-state index in [-0.39, 0.29) is 12.0 Å². The summed E-state index contributed by atoms with van der Waals surface area (Å²) in [6, 6.07) is 4.63. The van der Waals surface area contributed by atoms with Crippen molar-refractivity contribution in [1.29, 1.82) is 0 Å². The van der Waals surface area contributed by atoms with E-state index in [0.717, 1.165) is 0 Å². The Bertz CT molecular complexity index is 456. The molecule has 1 atom stereocenters. The van der Waals surface area contributed by atoms with E-state index in [9.17, 15) is 14.0 Å². The van der Waals surface area contributed by atoms with Gasteiger partial charge in [0, 0.05) is 12.6 Å². The molecule has 0 saturated heterocycles. The second-order valence-corrected chi connectivity index (χ2v) is 4.53. The number of nitrogens with zero attached hydrogens (tertiary/aromatic N) is 1. The Morgan fingerprint density at radius 2 is 1.68 bits per heavy atom. The number of benzene rings is 1. The molecule has 0 fully saturated rings. The van der Waals surface area contributed by atoms with E-state index in [4.69, 9.17) is 4.74 Å². The molecule has 104 valence electrons. The van der Waals surface area contributed by atoms with Gasteiger partial charge in [0.1, 0.15) is 11.9 Å². The number of hydrogen-bond donors (Lipinski definition) is 0. The molecule has 1 rings (SSSR count). The van der Waals surface area contributed by atoms with Crippen molar-refractivity contribution >= 4 is 17.6 Å². The van der Waals surface area contributed by atoms with E-state index in [1.807, 2.05) is 0 Å². The Morgan fingerprint density at radius 1 is 1.16 bits per heavy atom. The second-order valence-electron chi connectivity index (χ2n) is 4.53. The Kier molecular flexibility index (Phi) is 5.03. The summed E-state index contributed by atoms with van der Waals surface area (Å²) in [7, 11) is 0. The van der Waals surface area contributed by atoms with Crippen molar-refractivity contribution in [3.63, 3.8) is 0 Å². The highest BCUT2D eigenvalue weighted by molar-refractivity contribution is 5.98. The molecule has 0 bridgehead atoms. The third-order valence-electron chi connectivity index (χ3n) is 2.52. The van der Waals surface area contributed by atoms with Crippen molar-refractivity contribution in [1.82, 2.24) is 0 Å². The second kappa shape index (κ2) is 6.31. The summed E-state index contributed by atoms with van der Waals surface area (Å²) in [4.78, 5) is 24.8. The molecule has 0 radical (unpaired) electrons. The molecule has 5 heteroatoms. The SMILES string of the molecule is CC(=O)N(c1ccc(F)cc1)[C@@H](C)C(=O)OC(C)C. The number of amides is 1. The van der Waals surface area contributed by atoms with Crippen molar-refractivity contribution < 1.29 is 18.7 Å². The fourth-order valence-corrected chi connectivity index (χ4v) is 1.72. The van der Waals surface area contributed by atoms with Crippen LogP contribution in [0.4, 0.5) is 10.1 Å². The number of halogens is 1. The molecule has 0 aliphatic carbocycles. The van der Waals surface area contributed by atoms with Crippen LogP contribution in [0.1, 0.15) is 27.7 Å². The molecule has 0 N–H and O–H groups in total. The molecular formula is C14H18FNO3. The first kappa shape index (κ1) is 15.1. The predicted molar refractivity (Wildman–Crippen MR) is 70.3 cm³/mol. The number of rotatable bonds is 4. The molecule has 1 aromatic carbocycles. The summed E-state index contributed by atoms with van der Waals surface area (Å²) in [5, 5.41) is 0. The van der Waals surface area contributed by atoms with Crippen LogP contribution >= 0.6 is 0 Å². The van der Waals surface area contributed by atoms with Crippen molar-refractivity contribution in [2.45, 2.75) is 39.8 Å². The van der Waals surface area contributed by atoms with E-state index in [0.29, 0.717) is 5.69 Å². The normalized spacial score (nSPS) is 12.1. The molecule has 1 aromatic rings. The van der Waals surface area contributed by atoms with Crippen LogP contribution in [-0.2, 0) is 14.3 Å². The van der Waals surface area contributed by atoms with Crippen LogP contribution in [0.3, 0.4) is 0 Å². The molecule has 0 heterocycles. The summed E-state index contributed by atoms with van der Waals surface area (Å²) < 4.78 is 18.0. The highest BCUT2D eigenvalue weighted by Crippen LogP contribution is 2.19. The van der Waals surface area contributed by atoms with Crippen molar-refractivity contribution in [2.75, 3.05) is 4.90 Å². The molecular weight excluding hydrogens is 249 g/mol. The van der Waals surface area contributed by atoms with Crippen LogP contribution in [-0.4, -0.2) is 24.0 Å². The molecule has 0 aliphatic rings. The molecule has 0 unspecified atom stereocenters. The minimum Gasteiger partial charge on any atom is -0.461 e. The van der Waals surface area contributed by atoms with Gasteiger partial charge in [-0.2, -0.15) is 0 Å². The van der Waals surface area contributed by atoms with E-state index in [1.54, 1.807) is 20.8 Å². The van der Waals surface area contributed by atoms with Gasteiger partial charge in [-0.15, -0.1) is 0 Å². The predicted octanol–water partition coefficient (Wildman–Crippen LogP) is 2.52. The smallest absolute Gasteiger partial charge is 0.329 e. The number of hydrogen-bond acceptors (Lipinski definition) is 3. The largest absolute Gasteiger partial charge is 0.461 e. The van der Waals surface area contributed by atoms with Gasteiger partial charge in [0.2, 0.25) is 5.91 Å². The van der Waals surface area contributed by atoms with E-state index < -0.39 is 17.8 Å². The third kappa shape index (κ3) is 4.05. The Labute approximate surface area is 112 Å². The first-order valence-corrected chi connectivity index (χ1v) is 6.08. The Balaban J connectivity index is 2.97. The zero-order valence-corrected chi connectivity index (χ0v) is 11.5. The van der Waals surface area contributed by atoms with Gasteiger partial charge >= 0.3 is 5.97 Å². The lowest BCUT2D eigenvalue weighted by Crippen LogP contribution is -2.43. The standard InChI is InChI=1S/C14H18FNO3/c1-9(2)19-14(18)10(3)16(11(4)17)13-7-5-12(15)6-8-13/h5-10H,1-4H3/t10-/m0/s1. The molecule has 0 spiro atoms. The lowest BCUT2D eigenvalue weighted by molar-refractivity contribution is -0.149. The topological polar surface area (TPSA) is 46.6 Å². The number of carbonyl (C=O) groups is 2. The Morgan fingerprint density at radius 3 is 2.11 bits per heavy atom. The summed E-state index contributed by atoms with van der Waals surface area (Å²) in [5.74, 6) is -1.20. The molecule has 4 nitrogen and oxygen atoms in total. The van der Waals surface area contributed by atoms with Gasteiger partial charge in [0.05, 0.1) is 6.10 Å². The minimum atomic E-state index is -0.759. The van der Waals surface area contributed by atoms with Crippen LogP contribution < -0.4 is 4.90 Å². The maximum atomic E-state index is 12.9. The van der Waals surface area contributed by atoms with Gasteiger partial charge in [0.15, 0.2) is 0 Å². The average molecular weight is 267 g/mol. The van der Waals surface area contributed by atoms with Crippen LogP contribution in [0, 0.1) is 5.82 Å². The molecule has 19 heavy (non-hydrogen) atoms. The lowest BCUT2D eigenvalue weighted by Gasteiger charge is -2.27. The maximum Gasteiger partial charge on any atom is 0.329 e. The zero-order valence-electron chi connectivity index (χ0n) is 11.5. The monoisotopic (exact) mass is 267 g/mol. The lowest BCUT2D eigenvalue weighted by atomic mass is 10.2. The van der Waals surface area contributed by atoms with Gasteiger partial charge in [-0.05, 0) is 45.0 Å². The maximum absolute atomic E-state index is 12.9. The fourth-order valence-electron chi connectivity index (χ4n) is 1.72. The molecule has 0 saturated carbocycles. The number of esters is 1. The highest BCUT2D eigenvalue weighted by Gasteiger charge is 2.26. The number of carbonyl (C=O) groups excluding carboxylic acids is 2. The quantitative estimate of drug-likeness (QED) is 0.787. The summed E-state index contributed by atoms with van der Waals surface area (Å²) in [6.07, 6.45) is -0.253. The van der Waals surface area contributed by atoms with Crippen molar-refractivity contribution in [3.8, 4) is 0 Å². The van der Waals surface area contributed by atoms with E-state index in [1.165, 1.54) is 36.1 Å². The van der Waals surface area contributed by atoms with Crippen LogP contribution in [0.15, 0.2) is 24.3 Å². The van der Waals surface area contributed by atoms with Crippen molar-refractivity contribution in [3.05, 3.63) is 30.1 Å². The minimum absolute atomic E-state index is 0.253. The van der Waals surface area contributed by atoms with Crippen molar-refractivity contribution in [2.24, 2.45) is 0 Å². The summed E-state index contributed by atoms with van der Waals surface area (Å²) >= 11 is 0. The number of ether oxygens (including phenoxy) is 1. The van der Waals surface area contributed by atoms with Crippen LogP contribution in [0.5, 0.6) is 0 Å². The van der Waals surface area contributed by atoms with Gasteiger partial charge in [-0.25, -0.2) is 9.18 Å².